The molecule has 4 rings (SSSR count). The Morgan fingerprint density at radius 2 is 0.500 bits per heavy atom. The summed E-state index contributed by atoms with van der Waals surface area (Å²) in [4.78, 5) is 35.1. The predicted molar refractivity (Wildman–Crippen MR) is 162 cm³/mol. The Bertz CT molecular complexity index is 1610. The molecule has 0 aromatic carbocycles. The molecule has 0 spiro atoms. The first-order chi connectivity index (χ1) is 26.0. The number of aromatic nitrogens is 8. The van der Waals surface area contributed by atoms with Crippen LogP contribution in [0.3, 0.4) is 0 Å². The van der Waals surface area contributed by atoms with Gasteiger partial charge in [0.15, 0.2) is 0 Å². The van der Waals surface area contributed by atoms with Gasteiger partial charge >= 0.3 is 63.7 Å². The first-order valence-electron chi connectivity index (χ1n) is 15.1. The fraction of sp³-hybridized carbons (Fsp3) is 0.467. The van der Waals surface area contributed by atoms with Crippen molar-refractivity contribution in [1.29, 1.82) is 0 Å². The molecule has 4 N–H and O–H groups in total. The average Bonchev–Trinajstić information content (AvgIpc) is 3.77. The Kier molecular flexibility index (Phi) is 26.4. The van der Waals surface area contributed by atoms with Gasteiger partial charge in [0.05, 0.1) is 22.8 Å². The number of nitrogens with one attached hydrogen (secondary N) is 4. The van der Waals surface area contributed by atoms with Crippen LogP contribution in [0.5, 0.6) is 0 Å². The number of nitrogens with zero attached hydrogens (tertiary/aromatic N) is 4. The van der Waals surface area contributed by atoms with Gasteiger partial charge in [-0.05, 0) is 55.4 Å². The van der Waals surface area contributed by atoms with Crippen LogP contribution in [-0.4, -0.2) is 89.4 Å². The molecule has 4 aromatic rings. The van der Waals surface area contributed by atoms with Gasteiger partial charge in [-0.2, -0.15) is 73.1 Å². The van der Waals surface area contributed by atoms with Crippen LogP contribution in [0.1, 0.15) is 67.8 Å². The minimum absolute atomic E-state index is 0. The average molecular weight is 991 g/mol. The summed E-state index contributed by atoms with van der Waals surface area (Å²) in [5, 5.41) is 64.0. The summed E-state index contributed by atoms with van der Waals surface area (Å²) in [6.45, 7) is 16.3. The van der Waals surface area contributed by atoms with Crippen molar-refractivity contribution in [3.8, 4) is 0 Å². The molecule has 16 nitrogen and oxygen atoms in total. The third kappa shape index (κ3) is 23.1. The predicted octanol–water partition coefficient (Wildman–Crippen LogP) is 1.10. The summed E-state index contributed by atoms with van der Waals surface area (Å²) in [6.07, 6.45) is -19.0. The van der Waals surface area contributed by atoms with Crippen molar-refractivity contribution in [2.75, 3.05) is 0 Å². The zero-order valence-corrected chi connectivity index (χ0v) is 38.4. The molecule has 0 radical (unpaired) electrons. The number of carbonyl (C=O) groups excluding carboxylic acids is 4. The number of alkyl halides is 12. The first-order valence-corrected chi connectivity index (χ1v) is 15.1. The number of rotatable bonds is 4. The van der Waals surface area contributed by atoms with Crippen LogP contribution < -0.4 is 20.4 Å². The van der Waals surface area contributed by atoms with Gasteiger partial charge in [0.2, 0.25) is 0 Å². The first kappa shape index (κ1) is 61.8. The molecule has 328 valence electrons. The number of aryl methyl sites for hydroxylation is 8. The third-order valence-corrected chi connectivity index (χ3v) is 6.76. The summed E-state index contributed by atoms with van der Waals surface area (Å²) in [5.41, 5.74) is 14.0. The summed E-state index contributed by atoms with van der Waals surface area (Å²) in [5.74, 6) is -12.0. The maximum Gasteiger partial charge on any atom is 2.00 e. The second-order valence-electron chi connectivity index (χ2n) is 11.1. The molecule has 0 amide bonds. The van der Waals surface area contributed by atoms with E-state index in [0.29, 0.717) is 0 Å². The van der Waals surface area contributed by atoms with Crippen molar-refractivity contribution in [1.82, 2.24) is 40.8 Å². The molecule has 0 bridgehead atoms. The Morgan fingerprint density at radius 3 is 0.567 bits per heavy atom. The summed E-state index contributed by atoms with van der Waals surface area (Å²) >= 11 is 0. The largest absolute Gasteiger partial charge is 2.00 e. The standard InChI is InChI=1S/2C11H16N4.4C2HF3O2.2Zn/c2*1-6-10(7(2)13-12-6)5-11-8(3)14-15-9(11)4;4*3-2(4,5)1(6)7;;/h2*5H2,1-4H3,(H,12,13)(H,14,15);4*(H,6,7);;/q;;;;;;2*+2/p-4. The number of aromatic amines is 4. The van der Waals surface area contributed by atoms with Gasteiger partial charge in [-0.3, -0.25) is 20.4 Å². The molecule has 0 aliphatic carbocycles. The molecule has 60 heavy (non-hydrogen) atoms. The van der Waals surface area contributed by atoms with Crippen molar-refractivity contribution in [2.24, 2.45) is 0 Å². The van der Waals surface area contributed by atoms with Gasteiger partial charge in [0.25, 0.3) is 0 Å². The molecule has 0 saturated heterocycles. The molecule has 4 aromatic heterocycles. The number of halogens is 12. The second-order valence-corrected chi connectivity index (χ2v) is 11.1. The van der Waals surface area contributed by atoms with Crippen LogP contribution in [-0.2, 0) is 71.0 Å². The molecule has 0 atom stereocenters. The van der Waals surface area contributed by atoms with Gasteiger partial charge < -0.3 is 39.6 Å². The van der Waals surface area contributed by atoms with Crippen molar-refractivity contribution < 1.29 is 131 Å². The third-order valence-electron chi connectivity index (χ3n) is 6.76. The zero-order valence-electron chi connectivity index (χ0n) is 32.4. The van der Waals surface area contributed by atoms with Crippen molar-refractivity contribution >= 4 is 23.9 Å². The van der Waals surface area contributed by atoms with Crippen LogP contribution in [0.2, 0.25) is 0 Å². The molecule has 0 unspecified atom stereocenters. The van der Waals surface area contributed by atoms with Gasteiger partial charge in [0.1, 0.15) is 23.9 Å². The van der Waals surface area contributed by atoms with Crippen LogP contribution in [0.4, 0.5) is 52.7 Å². The summed E-state index contributed by atoms with van der Waals surface area (Å²) < 4.78 is 126. The van der Waals surface area contributed by atoms with E-state index >= 15 is 0 Å². The monoisotopic (exact) mass is 988 g/mol. The van der Waals surface area contributed by atoms with Crippen molar-refractivity contribution in [3.05, 3.63) is 67.8 Å². The van der Waals surface area contributed by atoms with Crippen molar-refractivity contribution in [2.45, 2.75) is 92.9 Å². The van der Waals surface area contributed by atoms with E-state index in [-0.39, 0.29) is 39.0 Å². The topological polar surface area (TPSA) is 275 Å². The second kappa shape index (κ2) is 25.7. The van der Waals surface area contributed by atoms with E-state index in [9.17, 15) is 52.7 Å². The van der Waals surface area contributed by atoms with Crippen LogP contribution in [0.15, 0.2) is 0 Å². The number of hydrogen-bond acceptors (Lipinski definition) is 12. The number of hydrogen-bond donors (Lipinski definition) is 4. The van der Waals surface area contributed by atoms with E-state index in [0.717, 1.165) is 58.4 Å². The fourth-order valence-corrected chi connectivity index (χ4v) is 3.69. The normalized spacial score (nSPS) is 10.7. The summed E-state index contributed by atoms with van der Waals surface area (Å²) in [6, 6.07) is 0. The molecular formula is C30H32F12N8O8Zn2. The molecular weight excluding hydrogens is 959 g/mol. The maximum atomic E-state index is 10.5. The molecule has 0 aliphatic heterocycles. The van der Waals surface area contributed by atoms with Crippen molar-refractivity contribution in [3.63, 3.8) is 0 Å². The number of carboxylic acids is 4. The van der Waals surface area contributed by atoms with E-state index in [1.807, 2.05) is 27.7 Å². The quantitative estimate of drug-likeness (QED) is 0.165. The SMILES string of the molecule is Cc1n[nH]c(C)c1Cc1c(C)n[nH]c1C.Cc1n[nH]c(C)c1Cc1c(C)n[nH]c1C.O=C([O-])C(F)(F)F.O=C([O-])C(F)(F)F.O=C([O-])C(F)(F)F.O=C([O-])C(F)(F)F.[Zn+2].[Zn+2]. The van der Waals surface area contributed by atoms with Crippen LogP contribution in [0.25, 0.3) is 0 Å². The molecule has 0 saturated carbocycles. The van der Waals surface area contributed by atoms with Gasteiger partial charge in [0, 0.05) is 57.9 Å². The summed E-state index contributed by atoms with van der Waals surface area (Å²) in [7, 11) is 0. The zero-order chi connectivity index (χ0) is 46.3. The molecule has 30 heteroatoms. The Balaban J connectivity index is -0.000000326. The van der Waals surface area contributed by atoms with E-state index in [1.54, 1.807) is 0 Å². The minimum atomic E-state index is -5.19. The number of H-pyrrole nitrogens is 4. The van der Waals surface area contributed by atoms with Gasteiger partial charge in [-0.1, -0.05) is 0 Å². The van der Waals surface area contributed by atoms with E-state index in [1.165, 1.54) is 22.3 Å². The van der Waals surface area contributed by atoms with E-state index in [4.69, 9.17) is 39.6 Å². The molecule has 0 fully saturated rings. The molecule has 4 heterocycles. The van der Waals surface area contributed by atoms with Crippen LogP contribution in [0, 0.1) is 55.4 Å². The minimum Gasteiger partial charge on any atom is -0.542 e. The number of carboxylic acid groups (broad SMARTS) is 4. The fourth-order valence-electron chi connectivity index (χ4n) is 3.69. The maximum absolute atomic E-state index is 10.5. The van der Waals surface area contributed by atoms with Crippen LogP contribution >= 0.6 is 0 Å². The Labute approximate surface area is 355 Å². The number of carbonyl (C=O) groups is 4. The number of aliphatic carboxylic acids is 4. The Hall–Kier alpha value is -4.87. The smallest absolute Gasteiger partial charge is 0.542 e. The van der Waals surface area contributed by atoms with Gasteiger partial charge in [-0.15, -0.1) is 0 Å². The van der Waals surface area contributed by atoms with E-state index in [2.05, 4.69) is 68.5 Å². The van der Waals surface area contributed by atoms with Gasteiger partial charge in [-0.25, -0.2) is 0 Å². The Morgan fingerprint density at radius 1 is 0.383 bits per heavy atom. The van der Waals surface area contributed by atoms with E-state index < -0.39 is 48.6 Å². The molecule has 0 aliphatic rings.